The summed E-state index contributed by atoms with van der Waals surface area (Å²) < 4.78 is 39.2. The first-order valence-corrected chi connectivity index (χ1v) is 5.03. The van der Waals surface area contributed by atoms with E-state index >= 15 is 0 Å². The monoisotopic (exact) mass is 261 g/mol. The largest absolute Gasteiger partial charge is 0.319 e. The van der Waals surface area contributed by atoms with Crippen molar-refractivity contribution in [2.75, 3.05) is 6.67 Å². The van der Waals surface area contributed by atoms with E-state index < -0.39 is 18.3 Å². The SMILES string of the molecule is FCC(F)(F)c1ccn(-c2ncccc2Cl)n1. The Bertz CT molecular complexity index is 527. The number of aromatic nitrogens is 3. The van der Waals surface area contributed by atoms with E-state index in [0.29, 0.717) is 0 Å². The second-order valence-electron chi connectivity index (χ2n) is 3.29. The maximum absolute atomic E-state index is 13.0. The van der Waals surface area contributed by atoms with Crippen LogP contribution in [0.3, 0.4) is 0 Å². The third-order valence-corrected chi connectivity index (χ3v) is 2.38. The molecule has 0 radical (unpaired) electrons. The van der Waals surface area contributed by atoms with Gasteiger partial charge in [-0.3, -0.25) is 0 Å². The third kappa shape index (κ3) is 2.26. The topological polar surface area (TPSA) is 30.7 Å². The zero-order valence-electron chi connectivity index (χ0n) is 8.45. The minimum absolute atomic E-state index is 0.218. The Balaban J connectivity index is 2.40. The van der Waals surface area contributed by atoms with Crippen LogP contribution >= 0.6 is 11.6 Å². The molecule has 17 heavy (non-hydrogen) atoms. The van der Waals surface area contributed by atoms with E-state index in [1.807, 2.05) is 0 Å². The fourth-order valence-electron chi connectivity index (χ4n) is 1.25. The Morgan fingerprint density at radius 2 is 2.12 bits per heavy atom. The third-order valence-electron chi connectivity index (χ3n) is 2.09. The first-order valence-electron chi connectivity index (χ1n) is 4.65. The predicted octanol–water partition coefficient (Wildman–Crippen LogP) is 2.98. The van der Waals surface area contributed by atoms with E-state index in [0.717, 1.165) is 10.7 Å². The zero-order valence-corrected chi connectivity index (χ0v) is 9.20. The van der Waals surface area contributed by atoms with Crippen LogP contribution in [0.25, 0.3) is 5.82 Å². The lowest BCUT2D eigenvalue weighted by Gasteiger charge is -2.08. The molecule has 0 N–H and O–H groups in total. The molecule has 0 unspecified atom stereocenters. The summed E-state index contributed by atoms with van der Waals surface area (Å²) >= 11 is 5.83. The van der Waals surface area contributed by atoms with E-state index in [1.165, 1.54) is 12.4 Å². The lowest BCUT2D eigenvalue weighted by molar-refractivity contribution is -0.0324. The highest BCUT2D eigenvalue weighted by Gasteiger charge is 2.34. The summed E-state index contributed by atoms with van der Waals surface area (Å²) in [7, 11) is 0. The molecule has 0 saturated heterocycles. The molecule has 0 amide bonds. The molecule has 0 spiro atoms. The molecule has 2 rings (SSSR count). The minimum atomic E-state index is -3.59. The lowest BCUT2D eigenvalue weighted by Crippen LogP contribution is -2.17. The number of rotatable bonds is 3. The van der Waals surface area contributed by atoms with Crippen molar-refractivity contribution < 1.29 is 13.2 Å². The van der Waals surface area contributed by atoms with Crippen molar-refractivity contribution >= 4 is 11.6 Å². The van der Waals surface area contributed by atoms with Gasteiger partial charge in [-0.1, -0.05) is 11.6 Å². The molecule has 0 aliphatic heterocycles. The normalized spacial score (nSPS) is 11.8. The summed E-state index contributed by atoms with van der Waals surface area (Å²) in [6.45, 7) is -1.79. The van der Waals surface area contributed by atoms with E-state index in [1.54, 1.807) is 12.1 Å². The van der Waals surface area contributed by atoms with Crippen molar-refractivity contribution in [3.8, 4) is 5.82 Å². The predicted molar refractivity (Wildman–Crippen MR) is 56.2 cm³/mol. The molecule has 0 aliphatic carbocycles. The highest BCUT2D eigenvalue weighted by Crippen LogP contribution is 2.27. The molecule has 3 nitrogen and oxygen atoms in total. The van der Waals surface area contributed by atoms with Gasteiger partial charge in [-0.25, -0.2) is 14.1 Å². The molecule has 0 aliphatic rings. The molecule has 0 atom stereocenters. The van der Waals surface area contributed by atoms with Gasteiger partial charge in [0.1, 0.15) is 5.69 Å². The molecule has 0 fully saturated rings. The lowest BCUT2D eigenvalue weighted by atomic mass is 10.3. The summed E-state index contributed by atoms with van der Waals surface area (Å²) in [6.07, 6.45) is 2.71. The van der Waals surface area contributed by atoms with Gasteiger partial charge < -0.3 is 0 Å². The van der Waals surface area contributed by atoms with Crippen LogP contribution in [-0.4, -0.2) is 21.4 Å². The number of hydrogen-bond donors (Lipinski definition) is 0. The molecular weight excluding hydrogens is 255 g/mol. The number of pyridine rings is 1. The van der Waals surface area contributed by atoms with Gasteiger partial charge in [0.15, 0.2) is 12.5 Å². The maximum atomic E-state index is 13.0. The van der Waals surface area contributed by atoms with Crippen molar-refractivity contribution in [2.24, 2.45) is 0 Å². The van der Waals surface area contributed by atoms with Crippen LogP contribution in [0.15, 0.2) is 30.6 Å². The number of halogens is 4. The Hall–Kier alpha value is -1.56. The summed E-state index contributed by atoms with van der Waals surface area (Å²) in [5.74, 6) is -3.37. The van der Waals surface area contributed by atoms with Crippen LogP contribution in [0, 0.1) is 0 Å². The number of hydrogen-bond acceptors (Lipinski definition) is 2. The van der Waals surface area contributed by atoms with Crippen LogP contribution in [0.4, 0.5) is 13.2 Å². The van der Waals surface area contributed by atoms with Crippen LogP contribution in [0.5, 0.6) is 0 Å². The number of alkyl halides is 3. The smallest absolute Gasteiger partial charge is 0.244 e. The van der Waals surface area contributed by atoms with Crippen LogP contribution in [0.2, 0.25) is 5.02 Å². The molecule has 0 aromatic carbocycles. The van der Waals surface area contributed by atoms with Gasteiger partial charge in [-0.15, -0.1) is 0 Å². The molecule has 2 aromatic heterocycles. The zero-order chi connectivity index (χ0) is 12.5. The van der Waals surface area contributed by atoms with Gasteiger partial charge in [0.25, 0.3) is 0 Å². The molecular formula is C10H7ClF3N3. The summed E-state index contributed by atoms with van der Waals surface area (Å²) in [6, 6.07) is 4.19. The van der Waals surface area contributed by atoms with Crippen molar-refractivity contribution in [1.82, 2.24) is 14.8 Å². The van der Waals surface area contributed by atoms with Gasteiger partial charge in [-0.05, 0) is 18.2 Å². The van der Waals surface area contributed by atoms with Gasteiger partial charge in [0.05, 0.1) is 5.02 Å². The summed E-state index contributed by atoms with van der Waals surface area (Å²) in [5, 5.41) is 3.83. The van der Waals surface area contributed by atoms with Gasteiger partial charge >= 0.3 is 5.92 Å². The molecule has 2 aromatic rings. The van der Waals surface area contributed by atoms with Crippen molar-refractivity contribution in [2.45, 2.75) is 5.92 Å². The van der Waals surface area contributed by atoms with Gasteiger partial charge in [0, 0.05) is 12.4 Å². The number of nitrogens with zero attached hydrogens (tertiary/aromatic N) is 3. The van der Waals surface area contributed by atoms with E-state index in [4.69, 9.17) is 11.6 Å². The van der Waals surface area contributed by atoms with E-state index in [9.17, 15) is 13.2 Å². The van der Waals surface area contributed by atoms with Crippen molar-refractivity contribution in [3.63, 3.8) is 0 Å². The highest BCUT2D eigenvalue weighted by molar-refractivity contribution is 6.32. The molecule has 2 heterocycles. The van der Waals surface area contributed by atoms with Crippen LogP contribution < -0.4 is 0 Å². The van der Waals surface area contributed by atoms with Crippen LogP contribution in [-0.2, 0) is 5.92 Å². The average Bonchev–Trinajstić information content (AvgIpc) is 2.79. The minimum Gasteiger partial charge on any atom is -0.244 e. The molecule has 7 heteroatoms. The quantitative estimate of drug-likeness (QED) is 0.850. The van der Waals surface area contributed by atoms with Crippen LogP contribution in [0.1, 0.15) is 5.69 Å². The Morgan fingerprint density at radius 1 is 1.35 bits per heavy atom. The maximum Gasteiger partial charge on any atom is 0.319 e. The summed E-state index contributed by atoms with van der Waals surface area (Å²) in [5.41, 5.74) is -0.651. The molecule has 90 valence electrons. The highest BCUT2D eigenvalue weighted by atomic mass is 35.5. The van der Waals surface area contributed by atoms with Gasteiger partial charge in [-0.2, -0.15) is 13.9 Å². The second kappa shape index (κ2) is 4.37. The van der Waals surface area contributed by atoms with E-state index in [-0.39, 0.29) is 10.8 Å². The fourth-order valence-corrected chi connectivity index (χ4v) is 1.46. The average molecular weight is 262 g/mol. The standard InChI is InChI=1S/C10H7ClF3N3/c11-7-2-1-4-15-9(7)17-5-3-8(16-17)10(13,14)6-12/h1-5H,6H2. The molecule has 0 saturated carbocycles. The summed E-state index contributed by atoms with van der Waals surface area (Å²) in [4.78, 5) is 3.90. The van der Waals surface area contributed by atoms with E-state index in [2.05, 4.69) is 10.1 Å². The fraction of sp³-hybridized carbons (Fsp3) is 0.200. The second-order valence-corrected chi connectivity index (χ2v) is 3.70. The Kier molecular flexibility index (Phi) is 3.06. The Morgan fingerprint density at radius 3 is 2.76 bits per heavy atom. The van der Waals surface area contributed by atoms with Gasteiger partial charge in [0.2, 0.25) is 0 Å². The first-order chi connectivity index (χ1) is 8.04. The van der Waals surface area contributed by atoms with Crippen molar-refractivity contribution in [3.05, 3.63) is 41.3 Å². The molecule has 0 bridgehead atoms. The first kappa shape index (κ1) is 11.9. The van der Waals surface area contributed by atoms with Crippen molar-refractivity contribution in [1.29, 1.82) is 0 Å². The Labute approximate surface area is 99.8 Å².